The number of alkyl halides is 3. The summed E-state index contributed by atoms with van der Waals surface area (Å²) in [5.74, 6) is -0.397. The Morgan fingerprint density at radius 1 is 1.50 bits per heavy atom. The molecule has 1 rings (SSSR count). The number of nitrogens with zero attached hydrogens (tertiary/aromatic N) is 1. The van der Waals surface area contributed by atoms with Crippen LogP contribution in [0.3, 0.4) is 0 Å². The largest absolute Gasteiger partial charge is 0.405 e. The fourth-order valence-corrected chi connectivity index (χ4v) is 2.28. The molecule has 1 aliphatic heterocycles. The van der Waals surface area contributed by atoms with Gasteiger partial charge in [0.15, 0.2) is 0 Å². The number of rotatable bonds is 3. The molecule has 106 valence electrons. The van der Waals surface area contributed by atoms with Gasteiger partial charge in [0.05, 0.1) is 5.54 Å². The average Bonchev–Trinajstić information content (AvgIpc) is 2.23. The summed E-state index contributed by atoms with van der Waals surface area (Å²) in [6.07, 6.45) is -4.23. The maximum Gasteiger partial charge on any atom is 0.405 e. The van der Waals surface area contributed by atoms with E-state index < -0.39 is 29.7 Å². The van der Waals surface area contributed by atoms with Gasteiger partial charge in [-0.15, -0.1) is 0 Å². The lowest BCUT2D eigenvalue weighted by Gasteiger charge is -2.47. The number of carbonyl (C=O) groups is 1. The van der Waals surface area contributed by atoms with Gasteiger partial charge in [-0.25, -0.2) is 0 Å². The van der Waals surface area contributed by atoms with Crippen LogP contribution in [0.4, 0.5) is 13.2 Å². The zero-order chi connectivity index (χ0) is 14.1. The van der Waals surface area contributed by atoms with Crippen molar-refractivity contribution in [3.63, 3.8) is 0 Å². The zero-order valence-electron chi connectivity index (χ0n) is 10.8. The number of hydrogen-bond acceptors (Lipinski definition) is 3. The molecule has 0 aromatic carbocycles. The molecule has 0 aromatic heterocycles. The first-order valence-electron chi connectivity index (χ1n) is 5.99. The highest BCUT2D eigenvalue weighted by Crippen LogP contribution is 2.33. The number of hydrogen-bond donors (Lipinski definition) is 2. The third-order valence-electron chi connectivity index (χ3n) is 3.46. The summed E-state index contributed by atoms with van der Waals surface area (Å²) in [5, 5.41) is 2.58. The van der Waals surface area contributed by atoms with Crippen molar-refractivity contribution in [2.24, 2.45) is 5.73 Å². The molecule has 0 aliphatic carbocycles. The Morgan fingerprint density at radius 2 is 2.06 bits per heavy atom. The molecule has 0 bridgehead atoms. The topological polar surface area (TPSA) is 58.4 Å². The quantitative estimate of drug-likeness (QED) is 0.797. The van der Waals surface area contributed by atoms with Gasteiger partial charge in [-0.1, -0.05) is 6.92 Å². The molecule has 3 N–H and O–H groups in total. The van der Waals surface area contributed by atoms with Gasteiger partial charge >= 0.3 is 6.18 Å². The lowest BCUT2D eigenvalue weighted by Crippen LogP contribution is -2.70. The van der Waals surface area contributed by atoms with Crippen LogP contribution >= 0.6 is 0 Å². The predicted molar refractivity (Wildman–Crippen MR) is 61.9 cm³/mol. The number of carbonyl (C=O) groups excluding carboxylic acids is 1. The molecule has 0 spiro atoms. The molecule has 1 fully saturated rings. The monoisotopic (exact) mass is 267 g/mol. The summed E-state index contributed by atoms with van der Waals surface area (Å²) < 4.78 is 39.5. The molecule has 1 saturated heterocycles. The third kappa shape index (κ3) is 2.77. The smallest absolute Gasteiger partial charge is 0.353 e. The van der Waals surface area contributed by atoms with Crippen molar-refractivity contribution in [3.8, 4) is 0 Å². The van der Waals surface area contributed by atoms with E-state index in [1.54, 1.807) is 6.92 Å². The molecule has 18 heavy (non-hydrogen) atoms. The molecule has 0 aromatic rings. The lowest BCUT2D eigenvalue weighted by atomic mass is 9.92. The van der Waals surface area contributed by atoms with Gasteiger partial charge in [-0.05, 0) is 20.3 Å². The Hall–Kier alpha value is -0.820. The van der Waals surface area contributed by atoms with Crippen LogP contribution in [0.5, 0.6) is 0 Å². The standard InChI is InChI=1S/C11H20F3N3O/c1-4-7(15)8(11(12,13)14)17-6-5-16-9(18)10(17,2)3/h7-8H,4-6,15H2,1-3H3,(H,16,18). The van der Waals surface area contributed by atoms with Gasteiger partial charge in [0.25, 0.3) is 0 Å². The van der Waals surface area contributed by atoms with Gasteiger partial charge < -0.3 is 11.1 Å². The van der Waals surface area contributed by atoms with Crippen LogP contribution in [-0.4, -0.2) is 47.7 Å². The first kappa shape index (κ1) is 15.2. The van der Waals surface area contributed by atoms with E-state index in [2.05, 4.69) is 5.32 Å². The van der Waals surface area contributed by atoms with E-state index in [0.29, 0.717) is 0 Å². The van der Waals surface area contributed by atoms with Crippen molar-refractivity contribution in [2.45, 2.75) is 51.0 Å². The van der Waals surface area contributed by atoms with E-state index in [1.807, 2.05) is 0 Å². The van der Waals surface area contributed by atoms with Crippen LogP contribution in [0.2, 0.25) is 0 Å². The van der Waals surface area contributed by atoms with Crippen LogP contribution in [0, 0.1) is 0 Å². The fourth-order valence-electron chi connectivity index (χ4n) is 2.28. The fraction of sp³-hybridized carbons (Fsp3) is 0.909. The highest BCUT2D eigenvalue weighted by Gasteiger charge is 2.53. The van der Waals surface area contributed by atoms with Crippen LogP contribution < -0.4 is 11.1 Å². The van der Waals surface area contributed by atoms with Crippen molar-refractivity contribution in [1.82, 2.24) is 10.2 Å². The summed E-state index contributed by atoms with van der Waals surface area (Å²) in [6.45, 7) is 4.95. The highest BCUT2D eigenvalue weighted by atomic mass is 19.4. The minimum atomic E-state index is -4.44. The second-order valence-corrected chi connectivity index (χ2v) is 5.07. The summed E-state index contributed by atoms with van der Waals surface area (Å²) in [6, 6.07) is -2.82. The van der Waals surface area contributed by atoms with Gasteiger partial charge in [0.2, 0.25) is 5.91 Å². The third-order valence-corrected chi connectivity index (χ3v) is 3.46. The lowest BCUT2D eigenvalue weighted by molar-refractivity contribution is -0.206. The first-order valence-corrected chi connectivity index (χ1v) is 5.99. The van der Waals surface area contributed by atoms with Gasteiger partial charge in [0.1, 0.15) is 6.04 Å². The molecule has 7 heteroatoms. The minimum absolute atomic E-state index is 0.149. The number of nitrogens with two attached hydrogens (primary N) is 1. The Labute approximate surface area is 105 Å². The van der Waals surface area contributed by atoms with Crippen molar-refractivity contribution in [1.29, 1.82) is 0 Å². The van der Waals surface area contributed by atoms with Crippen LogP contribution in [-0.2, 0) is 4.79 Å². The van der Waals surface area contributed by atoms with E-state index >= 15 is 0 Å². The first-order chi connectivity index (χ1) is 8.12. The van der Waals surface area contributed by atoms with Gasteiger partial charge in [-0.2, -0.15) is 13.2 Å². The van der Waals surface area contributed by atoms with E-state index in [1.165, 1.54) is 18.7 Å². The van der Waals surface area contributed by atoms with Crippen molar-refractivity contribution < 1.29 is 18.0 Å². The van der Waals surface area contributed by atoms with E-state index in [4.69, 9.17) is 5.73 Å². The number of halogens is 3. The van der Waals surface area contributed by atoms with Crippen molar-refractivity contribution >= 4 is 5.91 Å². The van der Waals surface area contributed by atoms with Crippen LogP contribution in [0.1, 0.15) is 27.2 Å². The SMILES string of the molecule is CCC(N)C(N1CCNC(=O)C1(C)C)C(F)(F)F. The molecular formula is C11H20F3N3O. The Morgan fingerprint density at radius 3 is 2.50 bits per heavy atom. The van der Waals surface area contributed by atoms with E-state index in [0.717, 1.165) is 0 Å². The second-order valence-electron chi connectivity index (χ2n) is 5.07. The molecule has 0 saturated carbocycles. The Bertz CT molecular complexity index is 317. The normalized spacial score (nSPS) is 24.5. The molecule has 2 unspecified atom stereocenters. The molecular weight excluding hydrogens is 247 g/mol. The Kier molecular flexibility index (Phi) is 4.27. The summed E-state index contributed by atoms with van der Waals surface area (Å²) >= 11 is 0. The predicted octanol–water partition coefficient (Wildman–Crippen LogP) is 0.865. The van der Waals surface area contributed by atoms with Crippen LogP contribution in [0.25, 0.3) is 0 Å². The molecule has 1 aliphatic rings. The van der Waals surface area contributed by atoms with Gasteiger partial charge in [-0.3, -0.25) is 9.69 Å². The number of amides is 1. The van der Waals surface area contributed by atoms with E-state index in [9.17, 15) is 18.0 Å². The van der Waals surface area contributed by atoms with Crippen molar-refractivity contribution in [3.05, 3.63) is 0 Å². The number of nitrogens with one attached hydrogen (secondary N) is 1. The van der Waals surface area contributed by atoms with Crippen molar-refractivity contribution in [2.75, 3.05) is 13.1 Å². The average molecular weight is 267 g/mol. The molecule has 1 amide bonds. The highest BCUT2D eigenvalue weighted by molar-refractivity contribution is 5.86. The molecule has 0 radical (unpaired) electrons. The molecule has 4 nitrogen and oxygen atoms in total. The summed E-state index contributed by atoms with van der Waals surface area (Å²) in [5.41, 5.74) is 4.40. The zero-order valence-corrected chi connectivity index (χ0v) is 10.8. The molecule has 2 atom stereocenters. The minimum Gasteiger partial charge on any atom is -0.353 e. The molecule has 1 heterocycles. The summed E-state index contributed by atoms with van der Waals surface area (Å²) in [4.78, 5) is 12.9. The number of piperazine rings is 1. The maximum absolute atomic E-state index is 13.2. The summed E-state index contributed by atoms with van der Waals surface area (Å²) in [7, 11) is 0. The van der Waals surface area contributed by atoms with Crippen LogP contribution in [0.15, 0.2) is 0 Å². The van der Waals surface area contributed by atoms with Gasteiger partial charge in [0, 0.05) is 19.1 Å². The Balaban J connectivity index is 3.08. The van der Waals surface area contributed by atoms with E-state index in [-0.39, 0.29) is 19.5 Å². The maximum atomic E-state index is 13.2. The second kappa shape index (κ2) is 5.05.